The number of aliphatic carboxylic acids is 1. The van der Waals surface area contributed by atoms with Crippen molar-refractivity contribution in [3.63, 3.8) is 0 Å². The summed E-state index contributed by atoms with van der Waals surface area (Å²) >= 11 is 0. The van der Waals surface area contributed by atoms with E-state index in [1.165, 1.54) is 0 Å². The van der Waals surface area contributed by atoms with Gasteiger partial charge < -0.3 is 20.3 Å². The molecule has 17 heavy (non-hydrogen) atoms. The Morgan fingerprint density at radius 2 is 2.00 bits per heavy atom. The van der Waals surface area contributed by atoms with E-state index in [9.17, 15) is 4.79 Å². The first-order valence-corrected chi connectivity index (χ1v) is 5.25. The molecule has 0 spiro atoms. The van der Waals surface area contributed by atoms with E-state index >= 15 is 0 Å². The molecule has 0 fully saturated rings. The number of ether oxygens (including phenoxy) is 2. The van der Waals surface area contributed by atoms with Crippen LogP contribution in [0.5, 0.6) is 11.5 Å². The minimum absolute atomic E-state index is 0.0473. The monoisotopic (exact) mass is 239 g/mol. The molecule has 1 atom stereocenters. The predicted octanol–water partition coefficient (Wildman–Crippen LogP) is 1.05. The summed E-state index contributed by atoms with van der Waals surface area (Å²) in [5, 5.41) is 8.62. The predicted molar refractivity (Wildman–Crippen MR) is 63.5 cm³/mol. The first kappa shape index (κ1) is 13.3. The Labute approximate surface area is 100 Å². The quantitative estimate of drug-likeness (QED) is 0.775. The SMILES string of the molecule is COc1ccc(C[C@H](N)CC(=O)O)cc1OC. The summed E-state index contributed by atoms with van der Waals surface area (Å²) in [7, 11) is 3.12. The number of hydrogen-bond donors (Lipinski definition) is 2. The van der Waals surface area contributed by atoms with Crippen molar-refractivity contribution in [3.8, 4) is 11.5 Å². The van der Waals surface area contributed by atoms with Crippen LogP contribution < -0.4 is 15.2 Å². The van der Waals surface area contributed by atoms with Crippen LogP contribution in [0, 0.1) is 0 Å². The maximum absolute atomic E-state index is 10.5. The second-order valence-electron chi connectivity index (χ2n) is 3.75. The van der Waals surface area contributed by atoms with Crippen LogP contribution in [0.4, 0.5) is 0 Å². The van der Waals surface area contributed by atoms with E-state index in [0.717, 1.165) is 5.56 Å². The highest BCUT2D eigenvalue weighted by molar-refractivity contribution is 5.67. The lowest BCUT2D eigenvalue weighted by molar-refractivity contribution is -0.137. The lowest BCUT2D eigenvalue weighted by Crippen LogP contribution is -2.26. The number of methoxy groups -OCH3 is 2. The highest BCUT2D eigenvalue weighted by atomic mass is 16.5. The zero-order chi connectivity index (χ0) is 12.8. The molecule has 1 aromatic rings. The largest absolute Gasteiger partial charge is 0.493 e. The first-order valence-electron chi connectivity index (χ1n) is 5.25. The van der Waals surface area contributed by atoms with Gasteiger partial charge in [0.05, 0.1) is 20.6 Å². The van der Waals surface area contributed by atoms with Crippen LogP contribution in [0.2, 0.25) is 0 Å². The van der Waals surface area contributed by atoms with Crippen LogP contribution in [0.15, 0.2) is 18.2 Å². The van der Waals surface area contributed by atoms with Crippen molar-refractivity contribution in [1.82, 2.24) is 0 Å². The number of rotatable bonds is 6. The van der Waals surface area contributed by atoms with Crippen LogP contribution in [0.3, 0.4) is 0 Å². The van der Waals surface area contributed by atoms with Gasteiger partial charge in [-0.3, -0.25) is 4.79 Å². The summed E-state index contributed by atoms with van der Waals surface area (Å²) in [5.41, 5.74) is 6.64. The minimum atomic E-state index is -0.891. The average Bonchev–Trinajstić information content (AvgIpc) is 2.27. The fourth-order valence-corrected chi connectivity index (χ4v) is 1.61. The highest BCUT2D eigenvalue weighted by Gasteiger charge is 2.11. The first-order chi connectivity index (χ1) is 8.06. The van der Waals surface area contributed by atoms with Crippen molar-refractivity contribution in [3.05, 3.63) is 23.8 Å². The van der Waals surface area contributed by atoms with E-state index < -0.39 is 12.0 Å². The van der Waals surface area contributed by atoms with Gasteiger partial charge >= 0.3 is 5.97 Å². The normalized spacial score (nSPS) is 11.9. The molecule has 0 saturated heterocycles. The summed E-state index contributed by atoms with van der Waals surface area (Å²) in [5.74, 6) is 0.369. The number of carbonyl (C=O) groups is 1. The molecule has 0 heterocycles. The van der Waals surface area contributed by atoms with Crippen LogP contribution in [-0.4, -0.2) is 31.3 Å². The molecule has 0 aliphatic carbocycles. The van der Waals surface area contributed by atoms with Crippen LogP contribution in [0.25, 0.3) is 0 Å². The average molecular weight is 239 g/mol. The van der Waals surface area contributed by atoms with Gasteiger partial charge in [-0.05, 0) is 24.1 Å². The van der Waals surface area contributed by atoms with Gasteiger partial charge in [0, 0.05) is 6.04 Å². The molecule has 1 aromatic carbocycles. The maximum Gasteiger partial charge on any atom is 0.304 e. The molecule has 1 rings (SSSR count). The van der Waals surface area contributed by atoms with Crippen molar-refractivity contribution in [2.45, 2.75) is 18.9 Å². The number of hydrogen-bond acceptors (Lipinski definition) is 4. The van der Waals surface area contributed by atoms with Gasteiger partial charge in [-0.25, -0.2) is 0 Å². The van der Waals surface area contributed by atoms with Gasteiger partial charge in [0.15, 0.2) is 11.5 Å². The lowest BCUT2D eigenvalue weighted by atomic mass is 10.0. The molecule has 3 N–H and O–H groups in total. The topological polar surface area (TPSA) is 81.8 Å². The highest BCUT2D eigenvalue weighted by Crippen LogP contribution is 2.27. The van der Waals surface area contributed by atoms with Crippen molar-refractivity contribution in [2.75, 3.05) is 14.2 Å². The van der Waals surface area contributed by atoms with Gasteiger partial charge in [-0.1, -0.05) is 6.07 Å². The van der Waals surface area contributed by atoms with Crippen LogP contribution >= 0.6 is 0 Å². The standard InChI is InChI=1S/C12H17NO4/c1-16-10-4-3-8(6-11(10)17-2)5-9(13)7-12(14)15/h3-4,6,9H,5,7,13H2,1-2H3,(H,14,15)/t9-/m0/s1. The molecule has 5 nitrogen and oxygen atoms in total. The van der Waals surface area contributed by atoms with Crippen molar-refractivity contribution in [1.29, 1.82) is 0 Å². The third kappa shape index (κ3) is 3.96. The molecule has 0 radical (unpaired) electrons. The zero-order valence-electron chi connectivity index (χ0n) is 9.97. The number of nitrogens with two attached hydrogens (primary N) is 1. The van der Waals surface area contributed by atoms with E-state index in [1.54, 1.807) is 26.4 Å². The summed E-state index contributed by atoms with van der Waals surface area (Å²) in [6.07, 6.45) is 0.445. The van der Waals surface area contributed by atoms with Crippen molar-refractivity contribution >= 4 is 5.97 Å². The number of carboxylic acid groups (broad SMARTS) is 1. The van der Waals surface area contributed by atoms with Gasteiger partial charge in [0.2, 0.25) is 0 Å². The molecule has 5 heteroatoms. The molecule has 0 amide bonds. The fraction of sp³-hybridized carbons (Fsp3) is 0.417. The van der Waals surface area contributed by atoms with E-state index in [1.807, 2.05) is 6.07 Å². The Bertz CT molecular complexity index is 392. The molecule has 0 aromatic heterocycles. The summed E-state index contributed by atoms with van der Waals surface area (Å²) in [6.45, 7) is 0. The maximum atomic E-state index is 10.5. The molecule has 0 aliphatic rings. The Hall–Kier alpha value is -1.75. The molecular weight excluding hydrogens is 222 g/mol. The second kappa shape index (κ2) is 6.10. The third-order valence-electron chi connectivity index (χ3n) is 2.38. The minimum Gasteiger partial charge on any atom is -0.493 e. The van der Waals surface area contributed by atoms with E-state index in [4.69, 9.17) is 20.3 Å². The fourth-order valence-electron chi connectivity index (χ4n) is 1.61. The lowest BCUT2D eigenvalue weighted by Gasteiger charge is -2.12. The Balaban J connectivity index is 2.75. The molecule has 0 saturated carbocycles. The molecule has 0 unspecified atom stereocenters. The summed E-state index contributed by atoms with van der Waals surface area (Å²) in [6, 6.07) is 5.04. The molecule has 94 valence electrons. The van der Waals surface area contributed by atoms with Gasteiger partial charge in [0.1, 0.15) is 0 Å². The molecule has 0 aliphatic heterocycles. The molecular formula is C12H17NO4. The summed E-state index contributed by atoms with van der Waals surface area (Å²) < 4.78 is 10.3. The van der Waals surface area contributed by atoms with Crippen molar-refractivity contribution in [2.24, 2.45) is 5.73 Å². The van der Waals surface area contributed by atoms with E-state index in [-0.39, 0.29) is 6.42 Å². The third-order valence-corrected chi connectivity index (χ3v) is 2.38. The Morgan fingerprint density at radius 3 is 2.53 bits per heavy atom. The van der Waals surface area contributed by atoms with Crippen molar-refractivity contribution < 1.29 is 19.4 Å². The van der Waals surface area contributed by atoms with Gasteiger partial charge in [0.25, 0.3) is 0 Å². The second-order valence-corrected chi connectivity index (χ2v) is 3.75. The van der Waals surface area contributed by atoms with Crippen LogP contribution in [-0.2, 0) is 11.2 Å². The van der Waals surface area contributed by atoms with E-state index in [0.29, 0.717) is 17.9 Å². The van der Waals surface area contributed by atoms with Gasteiger partial charge in [-0.2, -0.15) is 0 Å². The Morgan fingerprint density at radius 1 is 1.35 bits per heavy atom. The van der Waals surface area contributed by atoms with Gasteiger partial charge in [-0.15, -0.1) is 0 Å². The Kier molecular flexibility index (Phi) is 4.78. The molecule has 0 bridgehead atoms. The number of benzene rings is 1. The van der Waals surface area contributed by atoms with E-state index in [2.05, 4.69) is 0 Å². The summed E-state index contributed by atoms with van der Waals surface area (Å²) in [4.78, 5) is 10.5. The number of carboxylic acids is 1. The zero-order valence-corrected chi connectivity index (χ0v) is 9.97. The smallest absolute Gasteiger partial charge is 0.304 e. The van der Waals surface area contributed by atoms with Crippen LogP contribution in [0.1, 0.15) is 12.0 Å².